The number of hydrogen-bond donors (Lipinski definition) is 1. The van der Waals surface area contributed by atoms with Crippen LogP contribution in [0.1, 0.15) is 38.8 Å². The van der Waals surface area contributed by atoms with Crippen LogP contribution in [0.15, 0.2) is 31.0 Å². The standard InChI is InChI=1S/C18H24N2O4/c1-7-14-10-13(9-12(3)16(21)23-8-2)11-19-15(14)20-17(22)24-18(4,5)6/h7,10-11H,1,3,8-9H2,2,4-6H3,(H,19,20,22). The number of rotatable bonds is 6. The highest BCUT2D eigenvalue weighted by Crippen LogP contribution is 2.19. The predicted octanol–water partition coefficient (Wildman–Crippen LogP) is 3.73. The summed E-state index contributed by atoms with van der Waals surface area (Å²) in [5, 5.41) is 2.58. The zero-order valence-corrected chi connectivity index (χ0v) is 14.6. The summed E-state index contributed by atoms with van der Waals surface area (Å²) in [6.07, 6.45) is 2.83. The molecule has 0 aliphatic rings. The maximum absolute atomic E-state index is 11.8. The van der Waals surface area contributed by atoms with Gasteiger partial charge >= 0.3 is 12.1 Å². The first-order valence-corrected chi connectivity index (χ1v) is 7.62. The average molecular weight is 332 g/mol. The van der Waals surface area contributed by atoms with Gasteiger partial charge in [-0.1, -0.05) is 19.2 Å². The van der Waals surface area contributed by atoms with Crippen LogP contribution in [-0.2, 0) is 20.7 Å². The molecule has 1 aromatic heterocycles. The second-order valence-electron chi connectivity index (χ2n) is 6.11. The van der Waals surface area contributed by atoms with Crippen molar-refractivity contribution >= 4 is 24.0 Å². The predicted molar refractivity (Wildman–Crippen MR) is 93.7 cm³/mol. The number of pyridine rings is 1. The third-order valence-corrected chi connectivity index (χ3v) is 2.79. The lowest BCUT2D eigenvalue weighted by molar-refractivity contribution is -0.138. The van der Waals surface area contributed by atoms with Gasteiger partial charge in [0.1, 0.15) is 11.4 Å². The van der Waals surface area contributed by atoms with Crippen molar-refractivity contribution in [3.05, 3.63) is 42.1 Å². The molecule has 0 spiro atoms. The monoisotopic (exact) mass is 332 g/mol. The number of amides is 1. The maximum atomic E-state index is 11.8. The van der Waals surface area contributed by atoms with Crippen molar-refractivity contribution in [3.8, 4) is 0 Å². The Hall–Kier alpha value is -2.63. The molecule has 6 nitrogen and oxygen atoms in total. The molecule has 0 fully saturated rings. The van der Waals surface area contributed by atoms with Crippen LogP contribution in [0.25, 0.3) is 6.08 Å². The molecule has 0 saturated heterocycles. The molecule has 0 bridgehead atoms. The molecular weight excluding hydrogens is 308 g/mol. The number of esters is 1. The number of carbonyl (C=O) groups excluding carboxylic acids is 2. The van der Waals surface area contributed by atoms with E-state index in [1.165, 1.54) is 0 Å². The van der Waals surface area contributed by atoms with E-state index in [9.17, 15) is 9.59 Å². The van der Waals surface area contributed by atoms with Crippen LogP contribution in [0.2, 0.25) is 0 Å². The Morgan fingerprint density at radius 1 is 1.38 bits per heavy atom. The van der Waals surface area contributed by atoms with Crippen LogP contribution >= 0.6 is 0 Å². The van der Waals surface area contributed by atoms with E-state index >= 15 is 0 Å². The lowest BCUT2D eigenvalue weighted by Gasteiger charge is -2.20. The van der Waals surface area contributed by atoms with Gasteiger partial charge in [-0.3, -0.25) is 5.32 Å². The summed E-state index contributed by atoms with van der Waals surface area (Å²) >= 11 is 0. The van der Waals surface area contributed by atoms with E-state index in [2.05, 4.69) is 23.5 Å². The molecule has 0 aromatic carbocycles. The number of anilines is 1. The summed E-state index contributed by atoms with van der Waals surface area (Å²) in [5.41, 5.74) is 1.12. The molecule has 1 amide bonds. The molecule has 0 aliphatic heterocycles. The van der Waals surface area contributed by atoms with Gasteiger partial charge in [0.2, 0.25) is 0 Å². The van der Waals surface area contributed by atoms with Crippen molar-refractivity contribution in [1.82, 2.24) is 4.98 Å². The molecule has 0 aliphatic carbocycles. The van der Waals surface area contributed by atoms with E-state index in [4.69, 9.17) is 9.47 Å². The van der Waals surface area contributed by atoms with Crippen molar-refractivity contribution in [2.75, 3.05) is 11.9 Å². The van der Waals surface area contributed by atoms with Crippen molar-refractivity contribution < 1.29 is 19.1 Å². The molecule has 1 rings (SSSR count). The third-order valence-electron chi connectivity index (χ3n) is 2.79. The fourth-order valence-corrected chi connectivity index (χ4v) is 1.84. The third kappa shape index (κ3) is 6.24. The van der Waals surface area contributed by atoms with Gasteiger partial charge in [0.05, 0.1) is 6.61 Å². The first kappa shape index (κ1) is 19.4. The molecule has 24 heavy (non-hydrogen) atoms. The molecule has 1 aromatic rings. The zero-order chi connectivity index (χ0) is 18.3. The van der Waals surface area contributed by atoms with Crippen LogP contribution < -0.4 is 5.32 Å². The van der Waals surface area contributed by atoms with E-state index < -0.39 is 17.7 Å². The van der Waals surface area contributed by atoms with Gasteiger partial charge in [0, 0.05) is 23.8 Å². The summed E-state index contributed by atoms with van der Waals surface area (Å²) in [5.74, 6) is -0.0987. The molecule has 0 atom stereocenters. The topological polar surface area (TPSA) is 77.5 Å². The second-order valence-corrected chi connectivity index (χ2v) is 6.11. The summed E-state index contributed by atoms with van der Waals surface area (Å²) in [7, 11) is 0. The number of nitrogens with one attached hydrogen (secondary N) is 1. The van der Waals surface area contributed by atoms with E-state index in [-0.39, 0.29) is 0 Å². The normalized spacial score (nSPS) is 10.7. The van der Waals surface area contributed by atoms with E-state index in [1.807, 2.05) is 0 Å². The van der Waals surface area contributed by atoms with E-state index in [1.54, 1.807) is 46.0 Å². The van der Waals surface area contributed by atoms with Gasteiger partial charge in [0.25, 0.3) is 0 Å². The Morgan fingerprint density at radius 3 is 2.58 bits per heavy atom. The highest BCUT2D eigenvalue weighted by Gasteiger charge is 2.18. The summed E-state index contributed by atoms with van der Waals surface area (Å²) in [6, 6.07) is 1.77. The van der Waals surface area contributed by atoms with Crippen molar-refractivity contribution in [2.45, 2.75) is 39.7 Å². The Balaban J connectivity index is 2.85. The van der Waals surface area contributed by atoms with Gasteiger partial charge in [-0.25, -0.2) is 14.6 Å². The fraction of sp³-hybridized carbons (Fsp3) is 0.389. The molecule has 0 radical (unpaired) electrons. The van der Waals surface area contributed by atoms with Gasteiger partial charge < -0.3 is 9.47 Å². The van der Waals surface area contributed by atoms with Crippen molar-refractivity contribution in [1.29, 1.82) is 0 Å². The number of hydrogen-bond acceptors (Lipinski definition) is 5. The highest BCUT2D eigenvalue weighted by atomic mass is 16.6. The Labute approximate surface area is 142 Å². The quantitative estimate of drug-likeness (QED) is 0.634. The van der Waals surface area contributed by atoms with Crippen LogP contribution in [-0.4, -0.2) is 29.3 Å². The summed E-state index contributed by atoms with van der Waals surface area (Å²) in [4.78, 5) is 27.6. The number of aromatic nitrogens is 1. The molecule has 0 saturated carbocycles. The van der Waals surface area contributed by atoms with Crippen molar-refractivity contribution in [2.24, 2.45) is 0 Å². The summed E-state index contributed by atoms with van der Waals surface area (Å²) < 4.78 is 10.1. The number of ether oxygens (including phenoxy) is 2. The maximum Gasteiger partial charge on any atom is 0.413 e. The largest absolute Gasteiger partial charge is 0.463 e. The van der Waals surface area contributed by atoms with Crippen LogP contribution in [0.3, 0.4) is 0 Å². The smallest absolute Gasteiger partial charge is 0.413 e. The first-order chi connectivity index (χ1) is 11.2. The van der Waals surface area contributed by atoms with E-state index in [0.29, 0.717) is 30.0 Å². The van der Waals surface area contributed by atoms with Crippen LogP contribution in [0.4, 0.5) is 10.6 Å². The van der Waals surface area contributed by atoms with Crippen LogP contribution in [0.5, 0.6) is 0 Å². The SMILES string of the molecule is C=Cc1cc(CC(=C)C(=O)OCC)cnc1NC(=O)OC(C)(C)C. The lowest BCUT2D eigenvalue weighted by atomic mass is 10.1. The van der Waals surface area contributed by atoms with Gasteiger partial charge in [-0.2, -0.15) is 0 Å². The zero-order valence-electron chi connectivity index (χ0n) is 14.6. The molecule has 1 N–H and O–H groups in total. The first-order valence-electron chi connectivity index (χ1n) is 7.62. The van der Waals surface area contributed by atoms with E-state index in [0.717, 1.165) is 5.56 Å². The molecule has 1 heterocycles. The second kappa shape index (κ2) is 8.29. The van der Waals surface area contributed by atoms with Gasteiger partial charge in [-0.15, -0.1) is 0 Å². The molecular formula is C18H24N2O4. The minimum Gasteiger partial charge on any atom is -0.463 e. The minimum atomic E-state index is -0.601. The Kier molecular flexibility index (Phi) is 6.70. The molecule has 0 unspecified atom stereocenters. The average Bonchev–Trinajstić information content (AvgIpc) is 2.47. The highest BCUT2D eigenvalue weighted by molar-refractivity contribution is 5.88. The molecule has 130 valence electrons. The van der Waals surface area contributed by atoms with Crippen molar-refractivity contribution in [3.63, 3.8) is 0 Å². The Bertz CT molecular complexity index is 645. The summed E-state index contributed by atoms with van der Waals surface area (Å²) in [6.45, 7) is 14.8. The number of carbonyl (C=O) groups is 2. The van der Waals surface area contributed by atoms with Crippen LogP contribution in [0, 0.1) is 0 Å². The van der Waals surface area contributed by atoms with Gasteiger partial charge in [0.15, 0.2) is 0 Å². The number of nitrogens with zero attached hydrogens (tertiary/aromatic N) is 1. The fourth-order valence-electron chi connectivity index (χ4n) is 1.84. The molecule has 6 heteroatoms. The Morgan fingerprint density at radius 2 is 2.04 bits per heavy atom. The lowest BCUT2D eigenvalue weighted by Crippen LogP contribution is -2.27. The van der Waals surface area contributed by atoms with Gasteiger partial charge in [-0.05, 0) is 39.3 Å². The minimum absolute atomic E-state index is 0.298.